The van der Waals surface area contributed by atoms with E-state index in [1.165, 1.54) is 0 Å². The van der Waals surface area contributed by atoms with Gasteiger partial charge in [0.05, 0.1) is 19.3 Å². The average molecular weight is 249 g/mol. The van der Waals surface area contributed by atoms with Crippen molar-refractivity contribution in [3.8, 4) is 0 Å². The molecule has 0 radical (unpaired) electrons. The highest BCUT2D eigenvalue weighted by atomic mass is 16.5. The Morgan fingerprint density at radius 2 is 2.17 bits per heavy atom. The van der Waals surface area contributed by atoms with Crippen molar-refractivity contribution >= 4 is 5.91 Å². The quantitative estimate of drug-likeness (QED) is 0.881. The van der Waals surface area contributed by atoms with Gasteiger partial charge in [-0.05, 0) is 36.6 Å². The first kappa shape index (κ1) is 13.1. The van der Waals surface area contributed by atoms with Crippen LogP contribution in [0.3, 0.4) is 0 Å². The van der Waals surface area contributed by atoms with Gasteiger partial charge in [0.15, 0.2) is 0 Å². The monoisotopic (exact) mass is 249 g/mol. The summed E-state index contributed by atoms with van der Waals surface area (Å²) in [5.74, 6) is -0.00894. The lowest BCUT2D eigenvalue weighted by atomic mass is 10.1. The Kier molecular flexibility index (Phi) is 3.99. The minimum absolute atomic E-state index is 0.00894. The van der Waals surface area contributed by atoms with Gasteiger partial charge in [-0.25, -0.2) is 0 Å². The number of carbonyl (C=O) groups excluding carboxylic acids is 1. The summed E-state index contributed by atoms with van der Waals surface area (Å²) in [6.45, 7) is 3.52. The predicted molar refractivity (Wildman–Crippen MR) is 68.2 cm³/mol. The number of fused-ring (bicyclic) bond motifs is 1. The summed E-state index contributed by atoms with van der Waals surface area (Å²) < 4.78 is 5.33. The molecule has 0 bridgehead atoms. The Labute approximate surface area is 107 Å². The topological polar surface area (TPSA) is 49.8 Å². The lowest BCUT2D eigenvalue weighted by Gasteiger charge is -2.18. The molecule has 1 aromatic carbocycles. The minimum Gasteiger partial charge on any atom is -0.393 e. The molecule has 0 spiro atoms. The molecule has 1 amide bonds. The maximum absolute atomic E-state index is 12.2. The molecule has 0 fully saturated rings. The molecular weight excluding hydrogens is 230 g/mol. The molecule has 0 aromatic heterocycles. The van der Waals surface area contributed by atoms with Gasteiger partial charge in [0, 0.05) is 19.2 Å². The molecule has 4 nitrogen and oxygen atoms in total. The second kappa shape index (κ2) is 5.50. The second-order valence-corrected chi connectivity index (χ2v) is 4.84. The Bertz CT molecular complexity index is 443. The van der Waals surface area contributed by atoms with Crippen molar-refractivity contribution in [2.24, 2.45) is 0 Å². The highest BCUT2D eigenvalue weighted by Crippen LogP contribution is 2.21. The molecule has 0 saturated carbocycles. The molecule has 1 unspecified atom stereocenters. The highest BCUT2D eigenvalue weighted by molar-refractivity contribution is 5.94. The van der Waals surface area contributed by atoms with Crippen molar-refractivity contribution in [3.05, 3.63) is 34.9 Å². The van der Waals surface area contributed by atoms with E-state index in [9.17, 15) is 9.90 Å². The molecule has 1 aliphatic rings. The van der Waals surface area contributed by atoms with Crippen LogP contribution in [-0.4, -0.2) is 35.6 Å². The Morgan fingerprint density at radius 1 is 1.44 bits per heavy atom. The molecule has 2 rings (SSSR count). The minimum atomic E-state index is -0.381. The summed E-state index contributed by atoms with van der Waals surface area (Å²) in [4.78, 5) is 13.8. The van der Waals surface area contributed by atoms with Crippen molar-refractivity contribution in [3.63, 3.8) is 0 Å². The zero-order chi connectivity index (χ0) is 13.1. The summed E-state index contributed by atoms with van der Waals surface area (Å²) in [6, 6.07) is 5.70. The number of aliphatic hydroxyl groups excluding tert-OH is 1. The molecular formula is C14H19NO3. The summed E-state index contributed by atoms with van der Waals surface area (Å²) in [5, 5.41) is 9.23. The molecule has 98 valence electrons. The standard InChI is InChI=1S/C14H19NO3/c1-10(16)5-6-15(2)14(17)11-3-4-12-8-18-9-13(12)7-11/h3-4,7,10,16H,5-6,8-9H2,1-2H3. The summed E-state index contributed by atoms with van der Waals surface area (Å²) in [7, 11) is 1.76. The smallest absolute Gasteiger partial charge is 0.253 e. The summed E-state index contributed by atoms with van der Waals surface area (Å²) in [5.41, 5.74) is 2.95. The molecule has 1 aliphatic heterocycles. The molecule has 1 N–H and O–H groups in total. The number of rotatable bonds is 4. The van der Waals surface area contributed by atoms with E-state index >= 15 is 0 Å². The van der Waals surface area contributed by atoms with Gasteiger partial charge in [-0.1, -0.05) is 6.07 Å². The number of benzene rings is 1. The van der Waals surface area contributed by atoms with E-state index in [2.05, 4.69) is 0 Å². The maximum atomic E-state index is 12.2. The number of carbonyl (C=O) groups is 1. The Balaban J connectivity index is 2.04. The van der Waals surface area contributed by atoms with E-state index in [1.807, 2.05) is 18.2 Å². The van der Waals surface area contributed by atoms with Crippen molar-refractivity contribution < 1.29 is 14.6 Å². The summed E-state index contributed by atoms with van der Waals surface area (Å²) in [6.07, 6.45) is 0.213. The second-order valence-electron chi connectivity index (χ2n) is 4.84. The van der Waals surface area contributed by atoms with Crippen LogP contribution in [0.2, 0.25) is 0 Å². The van der Waals surface area contributed by atoms with E-state index in [4.69, 9.17) is 4.74 Å². The van der Waals surface area contributed by atoms with Gasteiger partial charge < -0.3 is 14.7 Å². The molecule has 4 heteroatoms. The number of aliphatic hydroxyl groups is 1. The van der Waals surface area contributed by atoms with Gasteiger partial charge in [-0.3, -0.25) is 4.79 Å². The van der Waals surface area contributed by atoms with Crippen LogP contribution < -0.4 is 0 Å². The zero-order valence-corrected chi connectivity index (χ0v) is 10.8. The molecule has 0 aliphatic carbocycles. The van der Waals surface area contributed by atoms with E-state index < -0.39 is 0 Å². The van der Waals surface area contributed by atoms with Crippen molar-refractivity contribution in [1.82, 2.24) is 4.90 Å². The van der Waals surface area contributed by atoms with Gasteiger partial charge in [-0.15, -0.1) is 0 Å². The normalized spacial score (nSPS) is 15.3. The van der Waals surface area contributed by atoms with E-state index in [0.717, 1.165) is 11.1 Å². The third kappa shape index (κ3) is 2.89. The van der Waals surface area contributed by atoms with Crippen molar-refractivity contribution in [2.45, 2.75) is 32.7 Å². The van der Waals surface area contributed by atoms with Crippen LogP contribution in [0.4, 0.5) is 0 Å². The van der Waals surface area contributed by atoms with Gasteiger partial charge in [0.1, 0.15) is 0 Å². The van der Waals surface area contributed by atoms with Gasteiger partial charge >= 0.3 is 0 Å². The SMILES string of the molecule is CC(O)CCN(C)C(=O)c1ccc2c(c1)COC2. The van der Waals surface area contributed by atoms with E-state index in [1.54, 1.807) is 18.9 Å². The van der Waals surface area contributed by atoms with E-state index in [-0.39, 0.29) is 12.0 Å². The van der Waals surface area contributed by atoms with Crippen LogP contribution in [-0.2, 0) is 18.0 Å². The van der Waals surface area contributed by atoms with Crippen LogP contribution in [0, 0.1) is 0 Å². The third-order valence-electron chi connectivity index (χ3n) is 3.20. The van der Waals surface area contributed by atoms with Crippen LogP contribution in [0.15, 0.2) is 18.2 Å². The van der Waals surface area contributed by atoms with Gasteiger partial charge in [-0.2, -0.15) is 0 Å². The van der Waals surface area contributed by atoms with Crippen molar-refractivity contribution in [2.75, 3.05) is 13.6 Å². The lowest BCUT2D eigenvalue weighted by Crippen LogP contribution is -2.29. The number of hydrogen-bond donors (Lipinski definition) is 1. The molecule has 1 heterocycles. The Hall–Kier alpha value is -1.39. The third-order valence-corrected chi connectivity index (χ3v) is 3.20. The lowest BCUT2D eigenvalue weighted by molar-refractivity contribution is 0.0769. The molecule has 1 aromatic rings. The fourth-order valence-electron chi connectivity index (χ4n) is 2.01. The van der Waals surface area contributed by atoms with Crippen LogP contribution >= 0.6 is 0 Å². The van der Waals surface area contributed by atoms with Gasteiger partial charge in [0.25, 0.3) is 5.91 Å². The predicted octanol–water partition coefficient (Wildman–Crippen LogP) is 1.56. The van der Waals surface area contributed by atoms with E-state index in [0.29, 0.717) is 31.7 Å². The molecule has 1 atom stereocenters. The number of amides is 1. The first-order valence-corrected chi connectivity index (χ1v) is 6.21. The number of ether oxygens (including phenoxy) is 1. The first-order chi connectivity index (χ1) is 8.58. The fourth-order valence-corrected chi connectivity index (χ4v) is 2.01. The number of hydrogen-bond acceptors (Lipinski definition) is 3. The van der Waals surface area contributed by atoms with Crippen LogP contribution in [0.25, 0.3) is 0 Å². The average Bonchev–Trinajstić information content (AvgIpc) is 2.81. The maximum Gasteiger partial charge on any atom is 0.253 e. The van der Waals surface area contributed by atoms with Crippen LogP contribution in [0.1, 0.15) is 34.8 Å². The largest absolute Gasteiger partial charge is 0.393 e. The van der Waals surface area contributed by atoms with Crippen LogP contribution in [0.5, 0.6) is 0 Å². The number of nitrogens with zero attached hydrogens (tertiary/aromatic N) is 1. The zero-order valence-electron chi connectivity index (χ0n) is 10.8. The fraction of sp³-hybridized carbons (Fsp3) is 0.500. The molecule has 18 heavy (non-hydrogen) atoms. The highest BCUT2D eigenvalue weighted by Gasteiger charge is 2.16. The summed E-state index contributed by atoms with van der Waals surface area (Å²) >= 11 is 0. The van der Waals surface area contributed by atoms with Crippen molar-refractivity contribution in [1.29, 1.82) is 0 Å². The Morgan fingerprint density at radius 3 is 2.89 bits per heavy atom. The van der Waals surface area contributed by atoms with Gasteiger partial charge in [0.2, 0.25) is 0 Å². The molecule has 0 saturated heterocycles. The first-order valence-electron chi connectivity index (χ1n) is 6.21.